The van der Waals surface area contributed by atoms with E-state index in [4.69, 9.17) is 0 Å². The molecule has 0 N–H and O–H groups in total. The second-order valence-corrected chi connectivity index (χ2v) is 6.97. The van der Waals surface area contributed by atoms with E-state index in [2.05, 4.69) is 19.1 Å². The summed E-state index contributed by atoms with van der Waals surface area (Å²) >= 11 is 0. The van der Waals surface area contributed by atoms with Crippen LogP contribution in [0.2, 0.25) is 0 Å². The Morgan fingerprint density at radius 1 is 0.960 bits per heavy atom. The monoisotopic (exact) mass is 360 g/mol. The van der Waals surface area contributed by atoms with Gasteiger partial charge in [-0.1, -0.05) is 31.9 Å². The highest BCUT2D eigenvalue weighted by atomic mass is 19.4. The Hall–Kier alpha value is -1.39. The summed E-state index contributed by atoms with van der Waals surface area (Å²) in [6, 6.07) is 1.65. The molecule has 1 fully saturated rings. The van der Waals surface area contributed by atoms with E-state index < -0.39 is 23.4 Å². The molecule has 0 spiro atoms. The average Bonchev–Trinajstić information content (AvgIpc) is 2.52. The van der Waals surface area contributed by atoms with Crippen molar-refractivity contribution < 1.29 is 22.0 Å². The zero-order valence-corrected chi connectivity index (χ0v) is 14.5. The predicted octanol–water partition coefficient (Wildman–Crippen LogP) is 7.08. The highest BCUT2D eigenvalue weighted by molar-refractivity contribution is 5.28. The van der Waals surface area contributed by atoms with Crippen molar-refractivity contribution in [1.29, 1.82) is 0 Å². The van der Waals surface area contributed by atoms with E-state index in [1.165, 1.54) is 0 Å². The van der Waals surface area contributed by atoms with Crippen molar-refractivity contribution in [2.24, 2.45) is 11.8 Å². The number of benzene rings is 1. The topological polar surface area (TPSA) is 0 Å². The molecule has 0 saturated heterocycles. The molecule has 0 heterocycles. The summed E-state index contributed by atoms with van der Waals surface area (Å²) in [6.45, 7) is 2.11. The predicted molar refractivity (Wildman–Crippen MR) is 89.2 cm³/mol. The molecule has 0 bridgehead atoms. The molecule has 0 unspecified atom stereocenters. The second-order valence-electron chi connectivity index (χ2n) is 6.97. The first-order chi connectivity index (χ1) is 11.8. The van der Waals surface area contributed by atoms with Gasteiger partial charge in [0.25, 0.3) is 0 Å². The second kappa shape index (κ2) is 8.81. The standard InChI is InChI=1S/C20H25F5/c1-2-3-4-5-14-6-8-15(9-7-14)10-11-16-12-17(21)19(18(22)13-16)20(23,24)25/h3-4,12-15H,2,5-11H2,1H3. The van der Waals surface area contributed by atoms with Crippen molar-refractivity contribution in [3.63, 3.8) is 0 Å². The van der Waals surface area contributed by atoms with Gasteiger partial charge in [0.15, 0.2) is 0 Å². The Morgan fingerprint density at radius 2 is 1.52 bits per heavy atom. The quantitative estimate of drug-likeness (QED) is 0.376. The van der Waals surface area contributed by atoms with E-state index in [1.807, 2.05) is 0 Å². The maximum atomic E-state index is 13.6. The number of hydrogen-bond acceptors (Lipinski definition) is 0. The van der Waals surface area contributed by atoms with Gasteiger partial charge in [-0.15, -0.1) is 0 Å². The molecule has 1 aliphatic rings. The average molecular weight is 360 g/mol. The van der Waals surface area contributed by atoms with Gasteiger partial charge < -0.3 is 0 Å². The van der Waals surface area contributed by atoms with Crippen LogP contribution >= 0.6 is 0 Å². The van der Waals surface area contributed by atoms with Crippen molar-refractivity contribution in [2.75, 3.05) is 0 Å². The largest absolute Gasteiger partial charge is 0.422 e. The molecule has 1 saturated carbocycles. The normalized spacial score (nSPS) is 21.8. The van der Waals surface area contributed by atoms with E-state index >= 15 is 0 Å². The van der Waals surface area contributed by atoms with E-state index in [0.29, 0.717) is 23.8 Å². The third-order valence-electron chi connectivity index (χ3n) is 5.06. The lowest BCUT2D eigenvalue weighted by molar-refractivity contribution is -0.142. The number of allylic oxidation sites excluding steroid dienone is 2. The summed E-state index contributed by atoms with van der Waals surface area (Å²) in [5, 5.41) is 0. The highest BCUT2D eigenvalue weighted by Gasteiger charge is 2.37. The van der Waals surface area contributed by atoms with Crippen LogP contribution in [0.3, 0.4) is 0 Å². The lowest BCUT2D eigenvalue weighted by Crippen LogP contribution is -2.15. The van der Waals surface area contributed by atoms with Crippen LogP contribution in [-0.4, -0.2) is 0 Å². The van der Waals surface area contributed by atoms with E-state index in [9.17, 15) is 22.0 Å². The van der Waals surface area contributed by atoms with E-state index in [1.54, 1.807) is 0 Å². The van der Waals surface area contributed by atoms with Crippen molar-refractivity contribution in [3.8, 4) is 0 Å². The van der Waals surface area contributed by atoms with Gasteiger partial charge in [0.1, 0.15) is 17.2 Å². The van der Waals surface area contributed by atoms with Crippen molar-refractivity contribution >= 4 is 0 Å². The summed E-state index contributed by atoms with van der Waals surface area (Å²) < 4.78 is 65.0. The molecule has 1 aliphatic carbocycles. The lowest BCUT2D eigenvalue weighted by Gasteiger charge is -2.28. The van der Waals surface area contributed by atoms with Gasteiger partial charge in [0, 0.05) is 0 Å². The smallest absolute Gasteiger partial charge is 0.206 e. The van der Waals surface area contributed by atoms with Crippen molar-refractivity contribution in [2.45, 2.75) is 64.5 Å². The Kier molecular flexibility index (Phi) is 7.03. The fourth-order valence-corrected chi connectivity index (χ4v) is 3.62. The van der Waals surface area contributed by atoms with Crippen LogP contribution in [0.4, 0.5) is 22.0 Å². The Labute approximate surface area is 146 Å². The minimum atomic E-state index is -5.00. The number of alkyl halides is 3. The van der Waals surface area contributed by atoms with E-state index in [0.717, 1.165) is 57.1 Å². The summed E-state index contributed by atoms with van der Waals surface area (Å²) in [5.74, 6) is -1.84. The zero-order valence-electron chi connectivity index (χ0n) is 14.5. The fraction of sp³-hybridized carbons (Fsp3) is 0.600. The SMILES string of the molecule is CCC=CCC1CCC(CCc2cc(F)c(C(F)(F)F)c(F)c2)CC1. The first kappa shape index (κ1) is 19.9. The number of aryl methyl sites for hydroxylation is 1. The van der Waals surface area contributed by atoms with Gasteiger partial charge >= 0.3 is 6.18 Å². The summed E-state index contributed by atoms with van der Waals surface area (Å²) in [4.78, 5) is 0. The summed E-state index contributed by atoms with van der Waals surface area (Å²) in [7, 11) is 0. The Balaban J connectivity index is 1.86. The maximum Gasteiger partial charge on any atom is 0.422 e. The minimum absolute atomic E-state index is 0.302. The molecule has 0 aliphatic heterocycles. The molecule has 0 nitrogen and oxygen atoms in total. The van der Waals surface area contributed by atoms with Crippen LogP contribution in [0.5, 0.6) is 0 Å². The first-order valence-electron chi connectivity index (χ1n) is 9.01. The van der Waals surface area contributed by atoms with Gasteiger partial charge in [-0.2, -0.15) is 13.2 Å². The molecule has 5 heteroatoms. The molecule has 140 valence electrons. The Morgan fingerprint density at radius 3 is 2.04 bits per heavy atom. The van der Waals surface area contributed by atoms with Crippen LogP contribution in [0.15, 0.2) is 24.3 Å². The van der Waals surface area contributed by atoms with Gasteiger partial charge in [-0.05, 0) is 68.1 Å². The van der Waals surface area contributed by atoms with Crippen LogP contribution in [-0.2, 0) is 12.6 Å². The molecule has 0 aromatic heterocycles. The van der Waals surface area contributed by atoms with Crippen LogP contribution < -0.4 is 0 Å². The Bertz CT molecular complexity index is 557. The fourth-order valence-electron chi connectivity index (χ4n) is 3.62. The number of halogens is 5. The molecule has 0 atom stereocenters. The third-order valence-corrected chi connectivity index (χ3v) is 5.06. The molecule has 2 rings (SSSR count). The van der Waals surface area contributed by atoms with Crippen LogP contribution in [0, 0.1) is 23.5 Å². The maximum absolute atomic E-state index is 13.6. The molecule has 1 aromatic carbocycles. The van der Waals surface area contributed by atoms with Gasteiger partial charge in [0.2, 0.25) is 0 Å². The van der Waals surface area contributed by atoms with E-state index in [-0.39, 0.29) is 0 Å². The van der Waals surface area contributed by atoms with Crippen molar-refractivity contribution in [1.82, 2.24) is 0 Å². The molecular formula is C20H25F5. The molecule has 0 amide bonds. The summed E-state index contributed by atoms with van der Waals surface area (Å²) in [5.41, 5.74) is -1.49. The van der Waals surface area contributed by atoms with Gasteiger partial charge in [0.05, 0.1) is 0 Å². The third kappa shape index (κ3) is 5.82. The number of hydrogen-bond donors (Lipinski definition) is 0. The minimum Gasteiger partial charge on any atom is -0.206 e. The van der Waals surface area contributed by atoms with Crippen molar-refractivity contribution in [3.05, 3.63) is 47.0 Å². The zero-order chi connectivity index (χ0) is 18.4. The molecule has 1 aromatic rings. The summed E-state index contributed by atoms with van der Waals surface area (Å²) in [6.07, 6.45) is 7.20. The van der Waals surface area contributed by atoms with Gasteiger partial charge in [-0.25, -0.2) is 8.78 Å². The lowest BCUT2D eigenvalue weighted by atomic mass is 9.78. The van der Waals surface area contributed by atoms with Crippen LogP contribution in [0.1, 0.15) is 63.0 Å². The van der Waals surface area contributed by atoms with Crippen LogP contribution in [0.25, 0.3) is 0 Å². The highest BCUT2D eigenvalue weighted by Crippen LogP contribution is 2.36. The molecular weight excluding hydrogens is 335 g/mol. The number of rotatable bonds is 6. The first-order valence-corrected chi connectivity index (χ1v) is 9.01. The van der Waals surface area contributed by atoms with Gasteiger partial charge in [-0.3, -0.25) is 0 Å². The molecule has 25 heavy (non-hydrogen) atoms. The molecule has 0 radical (unpaired) electrons.